The summed E-state index contributed by atoms with van der Waals surface area (Å²) in [5.74, 6) is 0.464. The first-order chi connectivity index (χ1) is 12.6. The molecule has 0 saturated carbocycles. The van der Waals surface area contributed by atoms with Crippen molar-refractivity contribution in [2.75, 3.05) is 32.8 Å². The number of hydrogen-bond acceptors (Lipinski definition) is 4. The summed E-state index contributed by atoms with van der Waals surface area (Å²) in [4.78, 5) is 26.2. The molecular weight excluding hydrogens is 356 g/mol. The Kier molecular flexibility index (Phi) is 8.04. The Labute approximate surface area is 159 Å². The highest BCUT2D eigenvalue weighted by Crippen LogP contribution is 2.36. The summed E-state index contributed by atoms with van der Waals surface area (Å²) in [7, 11) is 0. The molecule has 0 aliphatic carbocycles. The van der Waals surface area contributed by atoms with Crippen LogP contribution in [0.5, 0.6) is 11.5 Å². The average molecular weight is 383 g/mol. The van der Waals surface area contributed by atoms with Gasteiger partial charge in [-0.3, -0.25) is 9.59 Å². The van der Waals surface area contributed by atoms with Gasteiger partial charge in [0.05, 0.1) is 24.8 Å². The molecule has 1 aromatic carbocycles. The molecule has 0 bridgehead atoms. The lowest BCUT2D eigenvalue weighted by atomic mass is 10.2. The molecule has 6 nitrogen and oxygen atoms in total. The Morgan fingerprint density at radius 3 is 2.58 bits per heavy atom. The zero-order chi connectivity index (χ0) is 18.9. The van der Waals surface area contributed by atoms with Crippen LogP contribution in [-0.4, -0.2) is 49.6 Å². The van der Waals surface area contributed by atoms with Crippen molar-refractivity contribution in [1.82, 2.24) is 10.2 Å². The Bertz CT molecular complexity index is 630. The predicted molar refractivity (Wildman–Crippen MR) is 101 cm³/mol. The Morgan fingerprint density at radius 1 is 1.19 bits per heavy atom. The van der Waals surface area contributed by atoms with Crippen molar-refractivity contribution in [1.29, 1.82) is 0 Å². The van der Waals surface area contributed by atoms with Crippen LogP contribution in [0.1, 0.15) is 49.9 Å². The van der Waals surface area contributed by atoms with Gasteiger partial charge in [-0.2, -0.15) is 0 Å². The molecule has 0 atom stereocenters. The second-order valence-electron chi connectivity index (χ2n) is 6.19. The van der Waals surface area contributed by atoms with E-state index in [4.69, 9.17) is 21.1 Å². The molecule has 26 heavy (non-hydrogen) atoms. The van der Waals surface area contributed by atoms with E-state index in [1.165, 1.54) is 0 Å². The van der Waals surface area contributed by atoms with Crippen molar-refractivity contribution in [3.05, 3.63) is 22.7 Å². The van der Waals surface area contributed by atoms with Crippen LogP contribution in [0, 0.1) is 0 Å². The van der Waals surface area contributed by atoms with Gasteiger partial charge in [-0.1, -0.05) is 24.9 Å². The van der Waals surface area contributed by atoms with Gasteiger partial charge in [0.1, 0.15) is 0 Å². The van der Waals surface area contributed by atoms with Gasteiger partial charge < -0.3 is 19.7 Å². The molecule has 1 N–H and O–H groups in total. The van der Waals surface area contributed by atoms with E-state index in [1.54, 1.807) is 17.0 Å². The SMILES string of the molecule is CCCCOc1c(Cl)cc(C(=O)NCC(=O)N2CCCC2)cc1OCC. The Balaban J connectivity index is 2.04. The molecule has 0 radical (unpaired) electrons. The summed E-state index contributed by atoms with van der Waals surface area (Å²) in [5, 5.41) is 2.98. The van der Waals surface area contributed by atoms with Gasteiger partial charge in [-0.15, -0.1) is 0 Å². The average Bonchev–Trinajstić information content (AvgIpc) is 3.16. The monoisotopic (exact) mass is 382 g/mol. The molecule has 1 aromatic rings. The minimum Gasteiger partial charge on any atom is -0.490 e. The van der Waals surface area contributed by atoms with Crippen molar-refractivity contribution < 1.29 is 19.1 Å². The third-order valence-corrected chi connectivity index (χ3v) is 4.46. The second kappa shape index (κ2) is 10.3. The van der Waals surface area contributed by atoms with Crippen LogP contribution < -0.4 is 14.8 Å². The highest BCUT2D eigenvalue weighted by atomic mass is 35.5. The number of halogens is 1. The zero-order valence-electron chi connectivity index (χ0n) is 15.5. The molecule has 7 heteroatoms. The highest BCUT2D eigenvalue weighted by Gasteiger charge is 2.20. The topological polar surface area (TPSA) is 67.9 Å². The number of rotatable bonds is 9. The number of likely N-dealkylation sites (tertiary alicyclic amines) is 1. The first-order valence-corrected chi connectivity index (χ1v) is 9.59. The van der Waals surface area contributed by atoms with E-state index in [1.807, 2.05) is 6.92 Å². The lowest BCUT2D eigenvalue weighted by Gasteiger charge is -2.17. The maximum atomic E-state index is 12.4. The Hall–Kier alpha value is -1.95. The maximum Gasteiger partial charge on any atom is 0.251 e. The molecule has 1 fully saturated rings. The number of benzene rings is 1. The van der Waals surface area contributed by atoms with Gasteiger partial charge in [-0.25, -0.2) is 0 Å². The van der Waals surface area contributed by atoms with Gasteiger partial charge in [0.2, 0.25) is 5.91 Å². The number of carbonyl (C=O) groups excluding carboxylic acids is 2. The van der Waals surface area contributed by atoms with Crippen LogP contribution in [0.25, 0.3) is 0 Å². The molecule has 1 heterocycles. The van der Waals surface area contributed by atoms with Crippen molar-refractivity contribution >= 4 is 23.4 Å². The van der Waals surface area contributed by atoms with E-state index >= 15 is 0 Å². The lowest BCUT2D eigenvalue weighted by molar-refractivity contribution is -0.129. The number of nitrogens with zero attached hydrogens (tertiary/aromatic N) is 1. The van der Waals surface area contributed by atoms with Crippen LogP contribution in [0.15, 0.2) is 12.1 Å². The third kappa shape index (κ3) is 5.53. The quantitative estimate of drug-likeness (QED) is 0.665. The highest BCUT2D eigenvalue weighted by molar-refractivity contribution is 6.32. The second-order valence-corrected chi connectivity index (χ2v) is 6.60. The predicted octanol–water partition coefficient (Wildman–Crippen LogP) is 3.27. The van der Waals surface area contributed by atoms with E-state index in [9.17, 15) is 9.59 Å². The number of hydrogen-bond donors (Lipinski definition) is 1. The van der Waals surface area contributed by atoms with E-state index in [-0.39, 0.29) is 18.4 Å². The summed E-state index contributed by atoms with van der Waals surface area (Å²) in [6, 6.07) is 3.15. The number of carbonyl (C=O) groups is 2. The molecule has 1 aliphatic rings. The first kappa shape index (κ1) is 20.4. The largest absolute Gasteiger partial charge is 0.490 e. The van der Waals surface area contributed by atoms with E-state index < -0.39 is 0 Å². The van der Waals surface area contributed by atoms with Crippen molar-refractivity contribution in [2.24, 2.45) is 0 Å². The smallest absolute Gasteiger partial charge is 0.251 e. The molecule has 2 amide bonds. The number of nitrogens with one attached hydrogen (secondary N) is 1. The molecule has 144 valence electrons. The van der Waals surface area contributed by atoms with Gasteiger partial charge in [0.15, 0.2) is 11.5 Å². The molecule has 1 saturated heterocycles. The number of amides is 2. The van der Waals surface area contributed by atoms with Gasteiger partial charge >= 0.3 is 0 Å². The Morgan fingerprint density at radius 2 is 1.92 bits per heavy atom. The fourth-order valence-electron chi connectivity index (χ4n) is 2.76. The van der Waals surface area contributed by atoms with E-state index in [0.717, 1.165) is 38.8 Å². The van der Waals surface area contributed by atoms with Gasteiger partial charge in [0, 0.05) is 18.7 Å². The van der Waals surface area contributed by atoms with Gasteiger partial charge in [0.25, 0.3) is 5.91 Å². The summed E-state index contributed by atoms with van der Waals surface area (Å²) in [5.41, 5.74) is 0.343. The standard InChI is InChI=1S/C19H27ClN2O4/c1-3-5-10-26-18-15(20)11-14(12-16(18)25-4-2)19(24)21-13-17(23)22-8-6-7-9-22/h11-12H,3-10,13H2,1-2H3,(H,21,24). The van der Waals surface area contributed by atoms with Crippen LogP contribution in [0.2, 0.25) is 5.02 Å². The summed E-state index contributed by atoms with van der Waals surface area (Å²) in [6.07, 6.45) is 3.95. The van der Waals surface area contributed by atoms with Crippen LogP contribution >= 0.6 is 11.6 Å². The molecule has 1 aliphatic heterocycles. The summed E-state index contributed by atoms with van der Waals surface area (Å²) >= 11 is 6.30. The molecule has 0 spiro atoms. The molecular formula is C19H27ClN2O4. The van der Waals surface area contributed by atoms with Gasteiger partial charge in [-0.05, 0) is 38.3 Å². The lowest BCUT2D eigenvalue weighted by Crippen LogP contribution is -2.38. The van der Waals surface area contributed by atoms with E-state index in [2.05, 4.69) is 12.2 Å². The third-order valence-electron chi connectivity index (χ3n) is 4.17. The minimum atomic E-state index is -0.361. The first-order valence-electron chi connectivity index (χ1n) is 9.21. The van der Waals surface area contributed by atoms with Crippen LogP contribution in [-0.2, 0) is 4.79 Å². The fraction of sp³-hybridized carbons (Fsp3) is 0.579. The number of ether oxygens (including phenoxy) is 2. The maximum absolute atomic E-state index is 12.4. The summed E-state index contributed by atoms with van der Waals surface area (Å²) in [6.45, 7) is 6.40. The summed E-state index contributed by atoms with van der Waals surface area (Å²) < 4.78 is 11.3. The number of unbranched alkanes of at least 4 members (excludes halogenated alkanes) is 1. The van der Waals surface area contributed by atoms with Crippen molar-refractivity contribution in [3.63, 3.8) is 0 Å². The zero-order valence-corrected chi connectivity index (χ0v) is 16.2. The van der Waals surface area contributed by atoms with Crippen LogP contribution in [0.4, 0.5) is 0 Å². The normalized spacial score (nSPS) is 13.6. The van der Waals surface area contributed by atoms with Crippen molar-refractivity contribution in [2.45, 2.75) is 39.5 Å². The fourth-order valence-corrected chi connectivity index (χ4v) is 3.02. The van der Waals surface area contributed by atoms with Crippen LogP contribution in [0.3, 0.4) is 0 Å². The molecule has 0 unspecified atom stereocenters. The van der Waals surface area contributed by atoms with E-state index in [0.29, 0.717) is 35.3 Å². The molecule has 0 aromatic heterocycles. The molecule has 2 rings (SSSR count). The minimum absolute atomic E-state index is 0.0187. The van der Waals surface area contributed by atoms with Crippen molar-refractivity contribution in [3.8, 4) is 11.5 Å².